The number of nitrogens with two attached hydrogens (primary N) is 1. The predicted molar refractivity (Wildman–Crippen MR) is 273 cm³/mol. The second-order valence-electron chi connectivity index (χ2n) is 18.5. The number of carbonyl (C=O) groups is 1. The van der Waals surface area contributed by atoms with Crippen LogP contribution < -0.4 is 20.7 Å². The van der Waals surface area contributed by atoms with Crippen LogP contribution in [0.3, 0.4) is 0 Å². The number of amides is 1. The van der Waals surface area contributed by atoms with Gasteiger partial charge in [0.1, 0.15) is 6.54 Å². The van der Waals surface area contributed by atoms with Crippen molar-refractivity contribution >= 4 is 79.1 Å². The van der Waals surface area contributed by atoms with Crippen molar-refractivity contribution in [2.45, 2.75) is 85.6 Å². The van der Waals surface area contributed by atoms with Gasteiger partial charge in [0, 0.05) is 85.3 Å². The summed E-state index contributed by atoms with van der Waals surface area (Å²) in [6.45, 7) is 8.07. The number of aromatic nitrogens is 1. The van der Waals surface area contributed by atoms with Gasteiger partial charge in [-0.2, -0.15) is 38.2 Å². The maximum absolute atomic E-state index is 12.6. The van der Waals surface area contributed by atoms with Gasteiger partial charge in [0.05, 0.1) is 37.3 Å². The van der Waals surface area contributed by atoms with Crippen molar-refractivity contribution in [1.29, 1.82) is 0 Å². The maximum atomic E-state index is 12.6. The summed E-state index contributed by atoms with van der Waals surface area (Å²) in [6, 6.07) is 17.6. The molecular weight excluding hydrogens is 1050 g/mol. The average Bonchev–Trinajstić information content (AvgIpc) is 3.63. The van der Waals surface area contributed by atoms with Gasteiger partial charge in [-0.15, -0.1) is 0 Å². The maximum Gasteiger partial charge on any atom is 0.294 e. The highest BCUT2D eigenvalue weighted by Crippen LogP contribution is 2.49. The SMILES string of the molecule is CC1(C)C(/C=C/C(=C/C=C2/N(CCCS(=O)(=O)O)c3ccc(S(=O)(=O)O)cc3C2(C)C)c2ccc(CNCCC(=O)NCc3cccc(S(N)(=O)=O)c3)cn2)=[N+](CCCS(=O)(=O)O)c2ccc(S(=O)(=O)O)cc21. The first kappa shape index (κ1) is 56.8. The Balaban J connectivity index is 1.36. The lowest BCUT2D eigenvalue weighted by Gasteiger charge is -2.27. The van der Waals surface area contributed by atoms with Gasteiger partial charge in [-0.05, 0) is 97.6 Å². The molecule has 8 N–H and O–H groups in total. The molecule has 0 radical (unpaired) electrons. The first-order chi connectivity index (χ1) is 33.8. The van der Waals surface area contributed by atoms with Gasteiger partial charge < -0.3 is 15.5 Å². The number of hydrogen-bond acceptors (Lipinski definition) is 14. The third-order valence-corrected chi connectivity index (χ3v) is 16.6. The van der Waals surface area contributed by atoms with Crippen LogP contribution in [0.5, 0.6) is 0 Å². The van der Waals surface area contributed by atoms with Gasteiger partial charge in [-0.25, -0.2) is 13.6 Å². The standard InChI is InChI=1S/C47H56N6O15S5/c1-46(2)38-27-36(72(63,64)65)13-16-41(38)52(22-6-24-69(55,56)57)43(46)18-11-34(12-19-44-47(3,4)39-28-37(73(66,67)68)14-17-42(39)53(44)23-7-25-70(58,59)60)40-15-10-33(31-50-40)29-49-21-20-45(54)51-30-32-8-5-9-35(26-32)71(48,61)62/h5,8-19,26-28,31,49H,6-7,20-25,29-30H2,1-4H3,(H6-,48,51,54,55,56,57,58,59,60,61,62,63,64,65,66,67,68)/p+1. The zero-order valence-electron chi connectivity index (χ0n) is 40.1. The Bertz CT molecular complexity index is 3520. The molecule has 21 nitrogen and oxygen atoms in total. The highest BCUT2D eigenvalue weighted by molar-refractivity contribution is 7.89. The van der Waals surface area contributed by atoms with Crippen LogP contribution in [0.25, 0.3) is 5.57 Å². The molecular formula is C47H57N6O15S5+. The largest absolute Gasteiger partial charge is 0.352 e. The van der Waals surface area contributed by atoms with E-state index in [1.807, 2.05) is 27.7 Å². The number of nitrogens with one attached hydrogen (secondary N) is 2. The van der Waals surface area contributed by atoms with E-state index in [0.717, 1.165) is 5.56 Å². The highest BCUT2D eigenvalue weighted by atomic mass is 32.2. The number of benzene rings is 3. The molecule has 1 aromatic heterocycles. The van der Waals surface area contributed by atoms with Gasteiger partial charge in [-0.1, -0.05) is 38.1 Å². The fourth-order valence-electron chi connectivity index (χ4n) is 8.74. The minimum absolute atomic E-state index is 0.0252. The summed E-state index contributed by atoms with van der Waals surface area (Å²) in [4.78, 5) is 18.4. The number of nitrogens with zero attached hydrogens (tertiary/aromatic N) is 3. The van der Waals surface area contributed by atoms with Crippen LogP contribution in [0.4, 0.5) is 11.4 Å². The van der Waals surface area contributed by atoms with E-state index in [-0.39, 0.29) is 66.0 Å². The van der Waals surface area contributed by atoms with Crippen molar-refractivity contribution in [2.24, 2.45) is 5.14 Å². The topological polar surface area (TPSA) is 338 Å². The second-order valence-corrected chi connectivity index (χ2v) is 26.0. The number of hydrogen-bond donors (Lipinski definition) is 7. The summed E-state index contributed by atoms with van der Waals surface area (Å²) in [5.41, 5.74) is 3.48. The van der Waals surface area contributed by atoms with Crippen LogP contribution >= 0.6 is 0 Å². The third kappa shape index (κ3) is 14.4. The number of rotatable bonds is 22. The monoisotopic (exact) mass is 1110 g/mol. The summed E-state index contributed by atoms with van der Waals surface area (Å²) in [5.74, 6) is -1.42. The van der Waals surface area contributed by atoms with Crippen LogP contribution in [0, 0.1) is 0 Å². The molecule has 0 bridgehead atoms. The quantitative estimate of drug-likeness (QED) is 0.0250. The van der Waals surface area contributed by atoms with Crippen molar-refractivity contribution in [3.8, 4) is 0 Å². The Morgan fingerprint density at radius 3 is 2.00 bits per heavy atom. The third-order valence-electron chi connectivity index (χ3n) is 12.4. The molecule has 0 saturated heterocycles. The molecule has 394 valence electrons. The summed E-state index contributed by atoms with van der Waals surface area (Å²) < 4.78 is 160. The smallest absolute Gasteiger partial charge is 0.294 e. The fourth-order valence-corrected chi connectivity index (χ4v) is 11.3. The Morgan fingerprint density at radius 2 is 1.38 bits per heavy atom. The Labute approximate surface area is 425 Å². The number of anilines is 1. The Kier molecular flexibility index (Phi) is 16.9. The summed E-state index contributed by atoms with van der Waals surface area (Å²) in [7, 11) is -21.9. The molecule has 0 fully saturated rings. The van der Waals surface area contributed by atoms with Crippen molar-refractivity contribution in [1.82, 2.24) is 15.6 Å². The molecule has 1 amide bonds. The minimum Gasteiger partial charge on any atom is -0.352 e. The Morgan fingerprint density at radius 1 is 0.740 bits per heavy atom. The zero-order chi connectivity index (χ0) is 54.0. The van der Waals surface area contributed by atoms with Gasteiger partial charge >= 0.3 is 0 Å². The lowest BCUT2D eigenvalue weighted by atomic mass is 9.81. The molecule has 0 saturated carbocycles. The number of sulfonamides is 1. The zero-order valence-corrected chi connectivity index (χ0v) is 44.2. The fraction of sp³-hybridized carbons (Fsp3) is 0.340. The van der Waals surface area contributed by atoms with E-state index >= 15 is 0 Å². The number of pyridine rings is 1. The number of allylic oxidation sites excluding steroid dienone is 6. The lowest BCUT2D eigenvalue weighted by Crippen LogP contribution is -2.28. The molecule has 2 aliphatic rings. The van der Waals surface area contributed by atoms with Crippen LogP contribution in [-0.4, -0.2) is 113 Å². The Hall–Kier alpha value is -5.52. The summed E-state index contributed by atoms with van der Waals surface area (Å²) >= 11 is 0. The number of primary sulfonamides is 1. The van der Waals surface area contributed by atoms with Gasteiger partial charge in [0.2, 0.25) is 21.6 Å². The van der Waals surface area contributed by atoms with Crippen molar-refractivity contribution < 1.29 is 69.7 Å². The van der Waals surface area contributed by atoms with E-state index in [9.17, 15) is 65.1 Å². The van der Waals surface area contributed by atoms with E-state index in [2.05, 4.69) is 10.6 Å². The molecule has 26 heteroatoms. The summed E-state index contributed by atoms with van der Waals surface area (Å²) in [5, 5.41) is 11.2. The van der Waals surface area contributed by atoms with Crippen LogP contribution in [-0.2, 0) is 79.2 Å². The normalized spacial score (nSPS) is 16.6. The van der Waals surface area contributed by atoms with Crippen LogP contribution in [0.15, 0.2) is 124 Å². The van der Waals surface area contributed by atoms with Gasteiger partial charge in [0.15, 0.2) is 5.71 Å². The van der Waals surface area contributed by atoms with E-state index in [0.29, 0.717) is 57.3 Å². The molecule has 0 unspecified atom stereocenters. The molecule has 4 aromatic rings. The molecule has 0 atom stereocenters. The minimum atomic E-state index is -4.62. The first-order valence-electron chi connectivity index (χ1n) is 22.5. The van der Waals surface area contributed by atoms with E-state index in [4.69, 9.17) is 10.1 Å². The average molecular weight is 1110 g/mol. The van der Waals surface area contributed by atoms with E-state index in [1.165, 1.54) is 54.6 Å². The van der Waals surface area contributed by atoms with Gasteiger partial charge in [0.25, 0.3) is 40.5 Å². The highest BCUT2D eigenvalue weighted by Gasteiger charge is 2.45. The first-order valence-corrected chi connectivity index (χ1v) is 30.1. The second kappa shape index (κ2) is 21.7. The number of carbonyl (C=O) groups excluding carboxylic acids is 1. The van der Waals surface area contributed by atoms with Crippen molar-refractivity contribution in [3.05, 3.63) is 137 Å². The van der Waals surface area contributed by atoms with Crippen molar-refractivity contribution in [2.75, 3.05) is 36.0 Å². The molecule has 2 aliphatic heterocycles. The van der Waals surface area contributed by atoms with E-state index < -0.39 is 72.8 Å². The molecule has 0 spiro atoms. The molecule has 0 aliphatic carbocycles. The van der Waals surface area contributed by atoms with Crippen molar-refractivity contribution in [3.63, 3.8) is 0 Å². The van der Waals surface area contributed by atoms with Gasteiger partial charge in [-0.3, -0.25) is 28.0 Å². The molecule has 3 aromatic carbocycles. The molecule has 3 heterocycles. The van der Waals surface area contributed by atoms with Crippen LogP contribution in [0.2, 0.25) is 0 Å². The molecule has 73 heavy (non-hydrogen) atoms. The predicted octanol–water partition coefficient (Wildman–Crippen LogP) is 4.27. The molecule has 6 rings (SSSR count). The van der Waals surface area contributed by atoms with Crippen LogP contribution in [0.1, 0.15) is 74.9 Å². The van der Waals surface area contributed by atoms with E-state index in [1.54, 1.807) is 58.2 Å². The summed E-state index contributed by atoms with van der Waals surface area (Å²) in [6.07, 6.45) is 8.63. The lowest BCUT2D eigenvalue weighted by molar-refractivity contribution is -0.437. The number of fused-ring (bicyclic) bond motifs is 2.